The minimum absolute atomic E-state index is 0.0539. The Kier molecular flexibility index (Phi) is 5.14. The van der Waals surface area contributed by atoms with E-state index in [1.54, 1.807) is 12.1 Å². The zero-order chi connectivity index (χ0) is 17.6. The number of H-pyrrole nitrogens is 1. The van der Waals surface area contributed by atoms with Crippen LogP contribution in [0.3, 0.4) is 0 Å². The number of aromatic amines is 1. The molecule has 0 aliphatic carbocycles. The molecule has 0 atom stereocenters. The quantitative estimate of drug-likeness (QED) is 0.606. The topological polar surface area (TPSA) is 74.0 Å². The highest BCUT2D eigenvalue weighted by Crippen LogP contribution is 2.22. The maximum Gasteiger partial charge on any atom is 0.251 e. The van der Waals surface area contributed by atoms with Crippen molar-refractivity contribution in [3.05, 3.63) is 71.4 Å². The van der Waals surface area contributed by atoms with Gasteiger partial charge in [0.05, 0.1) is 6.42 Å². The van der Waals surface area contributed by atoms with Crippen LogP contribution in [0.4, 0.5) is 0 Å². The molecule has 5 nitrogen and oxygen atoms in total. The lowest BCUT2D eigenvalue weighted by atomic mass is 10.1. The third-order valence-electron chi connectivity index (χ3n) is 4.13. The summed E-state index contributed by atoms with van der Waals surface area (Å²) in [4.78, 5) is 27.4. The maximum atomic E-state index is 12.2. The highest BCUT2D eigenvalue weighted by molar-refractivity contribution is 5.94. The van der Waals surface area contributed by atoms with Gasteiger partial charge in [-0.2, -0.15) is 0 Å². The number of amides is 2. The molecule has 0 bridgehead atoms. The van der Waals surface area contributed by atoms with Crippen LogP contribution in [0.1, 0.15) is 21.6 Å². The Morgan fingerprint density at radius 3 is 2.40 bits per heavy atom. The average Bonchev–Trinajstić information content (AvgIpc) is 2.95. The SMILES string of the molecule is Cc1[nH]c2ccccc2c1CC(=O)NCCNC(=O)c1ccccc1. The summed E-state index contributed by atoms with van der Waals surface area (Å²) in [7, 11) is 0. The van der Waals surface area contributed by atoms with Gasteiger partial charge >= 0.3 is 0 Å². The van der Waals surface area contributed by atoms with E-state index >= 15 is 0 Å². The molecular weight excluding hydrogens is 314 g/mol. The van der Waals surface area contributed by atoms with Gasteiger partial charge in [-0.25, -0.2) is 0 Å². The van der Waals surface area contributed by atoms with Crippen molar-refractivity contribution < 1.29 is 9.59 Å². The average molecular weight is 335 g/mol. The van der Waals surface area contributed by atoms with Gasteiger partial charge in [-0.05, 0) is 30.7 Å². The molecule has 5 heteroatoms. The molecule has 0 aliphatic heterocycles. The Morgan fingerprint density at radius 1 is 0.920 bits per heavy atom. The van der Waals surface area contributed by atoms with E-state index in [0.717, 1.165) is 22.2 Å². The van der Waals surface area contributed by atoms with Gasteiger partial charge in [0.2, 0.25) is 5.91 Å². The van der Waals surface area contributed by atoms with Crippen LogP contribution in [0, 0.1) is 6.92 Å². The summed E-state index contributed by atoms with van der Waals surface area (Å²) in [5, 5.41) is 6.72. The first-order chi connectivity index (χ1) is 12.1. The van der Waals surface area contributed by atoms with Crippen LogP contribution in [-0.2, 0) is 11.2 Å². The number of benzene rings is 2. The fraction of sp³-hybridized carbons (Fsp3) is 0.200. The van der Waals surface area contributed by atoms with E-state index in [0.29, 0.717) is 25.1 Å². The largest absolute Gasteiger partial charge is 0.358 e. The molecule has 0 saturated carbocycles. The van der Waals surface area contributed by atoms with Gasteiger partial charge in [0, 0.05) is 35.2 Å². The molecule has 3 aromatic rings. The lowest BCUT2D eigenvalue weighted by molar-refractivity contribution is -0.120. The first kappa shape index (κ1) is 16.8. The predicted octanol–water partition coefficient (Wildman–Crippen LogP) is 2.57. The number of hydrogen-bond acceptors (Lipinski definition) is 2. The molecule has 1 aromatic heterocycles. The highest BCUT2D eigenvalue weighted by Gasteiger charge is 2.12. The molecule has 0 radical (unpaired) electrons. The van der Waals surface area contributed by atoms with Crippen molar-refractivity contribution in [2.45, 2.75) is 13.3 Å². The Labute approximate surface area is 146 Å². The summed E-state index contributed by atoms with van der Waals surface area (Å²) in [5.41, 5.74) is 3.68. The number of carbonyl (C=O) groups excluding carboxylic acids is 2. The molecule has 128 valence electrons. The predicted molar refractivity (Wildman–Crippen MR) is 98.5 cm³/mol. The molecule has 3 rings (SSSR count). The number of aromatic nitrogens is 1. The van der Waals surface area contributed by atoms with Crippen LogP contribution in [0.2, 0.25) is 0 Å². The minimum atomic E-state index is -0.137. The Bertz CT molecular complexity index is 884. The number of carbonyl (C=O) groups is 2. The molecule has 0 fully saturated rings. The molecule has 0 unspecified atom stereocenters. The number of fused-ring (bicyclic) bond motifs is 1. The Hall–Kier alpha value is -3.08. The molecule has 25 heavy (non-hydrogen) atoms. The zero-order valence-electron chi connectivity index (χ0n) is 14.1. The van der Waals surface area contributed by atoms with Crippen molar-refractivity contribution in [3.8, 4) is 0 Å². The summed E-state index contributed by atoms with van der Waals surface area (Å²) in [6.07, 6.45) is 0.322. The Balaban J connectivity index is 1.48. The maximum absolute atomic E-state index is 12.2. The van der Waals surface area contributed by atoms with E-state index < -0.39 is 0 Å². The van der Waals surface area contributed by atoms with E-state index in [2.05, 4.69) is 15.6 Å². The second kappa shape index (κ2) is 7.66. The second-order valence-corrected chi connectivity index (χ2v) is 5.92. The van der Waals surface area contributed by atoms with Crippen LogP contribution in [0.5, 0.6) is 0 Å². The van der Waals surface area contributed by atoms with Crippen LogP contribution in [0.25, 0.3) is 10.9 Å². The molecule has 1 heterocycles. The number of rotatable bonds is 6. The fourth-order valence-corrected chi connectivity index (χ4v) is 2.86. The lowest BCUT2D eigenvalue weighted by Gasteiger charge is -2.07. The normalized spacial score (nSPS) is 10.6. The summed E-state index contributed by atoms with van der Waals surface area (Å²) in [6, 6.07) is 17.0. The third-order valence-corrected chi connectivity index (χ3v) is 4.13. The number of aryl methyl sites for hydroxylation is 1. The van der Waals surface area contributed by atoms with Crippen molar-refractivity contribution in [1.82, 2.24) is 15.6 Å². The first-order valence-electron chi connectivity index (χ1n) is 8.31. The van der Waals surface area contributed by atoms with E-state index in [-0.39, 0.29) is 11.8 Å². The van der Waals surface area contributed by atoms with Gasteiger partial charge in [0.1, 0.15) is 0 Å². The van der Waals surface area contributed by atoms with Crippen molar-refractivity contribution in [2.75, 3.05) is 13.1 Å². The van der Waals surface area contributed by atoms with Gasteiger partial charge in [-0.15, -0.1) is 0 Å². The monoisotopic (exact) mass is 335 g/mol. The zero-order valence-corrected chi connectivity index (χ0v) is 14.1. The van der Waals surface area contributed by atoms with Gasteiger partial charge in [0.25, 0.3) is 5.91 Å². The molecular formula is C20H21N3O2. The van der Waals surface area contributed by atoms with Crippen LogP contribution >= 0.6 is 0 Å². The van der Waals surface area contributed by atoms with Gasteiger partial charge in [0.15, 0.2) is 0 Å². The van der Waals surface area contributed by atoms with E-state index in [4.69, 9.17) is 0 Å². The van der Waals surface area contributed by atoms with Crippen LogP contribution < -0.4 is 10.6 Å². The van der Waals surface area contributed by atoms with Gasteiger partial charge in [-0.1, -0.05) is 36.4 Å². The van der Waals surface area contributed by atoms with Crippen molar-refractivity contribution in [2.24, 2.45) is 0 Å². The fourth-order valence-electron chi connectivity index (χ4n) is 2.86. The Morgan fingerprint density at radius 2 is 1.60 bits per heavy atom. The van der Waals surface area contributed by atoms with Crippen molar-refractivity contribution in [1.29, 1.82) is 0 Å². The van der Waals surface area contributed by atoms with Gasteiger partial charge in [-0.3, -0.25) is 9.59 Å². The number of hydrogen-bond donors (Lipinski definition) is 3. The van der Waals surface area contributed by atoms with Gasteiger partial charge < -0.3 is 15.6 Å². The van der Waals surface area contributed by atoms with E-state index in [9.17, 15) is 9.59 Å². The summed E-state index contributed by atoms with van der Waals surface area (Å²) >= 11 is 0. The lowest BCUT2D eigenvalue weighted by Crippen LogP contribution is -2.35. The number of para-hydroxylation sites is 1. The van der Waals surface area contributed by atoms with Crippen LogP contribution in [0.15, 0.2) is 54.6 Å². The second-order valence-electron chi connectivity index (χ2n) is 5.92. The molecule has 0 spiro atoms. The first-order valence-corrected chi connectivity index (χ1v) is 8.31. The van der Waals surface area contributed by atoms with E-state index in [1.165, 1.54) is 0 Å². The molecule has 2 amide bonds. The van der Waals surface area contributed by atoms with Crippen LogP contribution in [-0.4, -0.2) is 29.9 Å². The van der Waals surface area contributed by atoms with Crippen molar-refractivity contribution >= 4 is 22.7 Å². The van der Waals surface area contributed by atoms with E-state index in [1.807, 2.05) is 49.4 Å². The summed E-state index contributed by atoms with van der Waals surface area (Å²) in [5.74, 6) is -0.191. The molecule has 0 aliphatic rings. The molecule has 2 aromatic carbocycles. The summed E-state index contributed by atoms with van der Waals surface area (Å²) in [6.45, 7) is 2.77. The standard InChI is InChI=1S/C20H21N3O2/c1-14-17(16-9-5-6-10-18(16)23-14)13-19(24)21-11-12-22-20(25)15-7-3-2-4-8-15/h2-10,23H,11-13H2,1H3,(H,21,24)(H,22,25). The smallest absolute Gasteiger partial charge is 0.251 e. The molecule has 3 N–H and O–H groups in total. The third kappa shape index (κ3) is 4.07. The highest BCUT2D eigenvalue weighted by atomic mass is 16.2. The minimum Gasteiger partial charge on any atom is -0.358 e. The van der Waals surface area contributed by atoms with Crippen molar-refractivity contribution in [3.63, 3.8) is 0 Å². The molecule has 0 saturated heterocycles. The number of nitrogens with one attached hydrogen (secondary N) is 3. The summed E-state index contributed by atoms with van der Waals surface area (Å²) < 4.78 is 0.